The van der Waals surface area contributed by atoms with Crippen LogP contribution in [0, 0.1) is 20.2 Å². The SMILES string of the molecule is O=C(Nc1ccccc1C(=O)Nc1nnc(-c2ccc([N+](=O)[O-])cc2)o1)c1ccc([N+](=O)[O-])cc1. The fourth-order valence-electron chi connectivity index (χ4n) is 3.00. The number of nitro groups is 2. The second-order valence-corrected chi connectivity index (χ2v) is 6.97. The Morgan fingerprint density at radius 1 is 0.743 bits per heavy atom. The average molecular weight is 474 g/mol. The zero-order valence-corrected chi connectivity index (χ0v) is 17.6. The number of rotatable bonds is 7. The van der Waals surface area contributed by atoms with Crippen LogP contribution in [0.2, 0.25) is 0 Å². The van der Waals surface area contributed by atoms with Gasteiger partial charge in [0.1, 0.15) is 0 Å². The molecule has 0 fully saturated rings. The number of nitrogens with zero attached hydrogens (tertiary/aromatic N) is 4. The molecule has 13 nitrogen and oxygen atoms in total. The first-order chi connectivity index (χ1) is 16.8. The van der Waals surface area contributed by atoms with Crippen molar-refractivity contribution in [3.63, 3.8) is 0 Å². The van der Waals surface area contributed by atoms with Gasteiger partial charge in [0.05, 0.1) is 21.1 Å². The molecule has 0 aliphatic heterocycles. The summed E-state index contributed by atoms with van der Waals surface area (Å²) in [5.74, 6) is -1.18. The van der Waals surface area contributed by atoms with E-state index in [-0.39, 0.29) is 40.1 Å². The Morgan fingerprint density at radius 3 is 1.97 bits per heavy atom. The standard InChI is InChI=1S/C22H14N6O7/c29-19(13-5-9-15(10-6-13)27(31)32)23-18-4-2-1-3-17(18)20(30)24-22-26-25-21(35-22)14-7-11-16(12-8-14)28(33)34/h1-12H,(H,23,29)(H,24,26,30). The van der Waals surface area contributed by atoms with Crippen LogP contribution in [0.15, 0.2) is 77.2 Å². The van der Waals surface area contributed by atoms with Crippen molar-refractivity contribution in [2.45, 2.75) is 0 Å². The van der Waals surface area contributed by atoms with Crippen LogP contribution in [0.5, 0.6) is 0 Å². The highest BCUT2D eigenvalue weighted by Crippen LogP contribution is 2.24. The lowest BCUT2D eigenvalue weighted by atomic mass is 10.1. The van der Waals surface area contributed by atoms with Crippen molar-refractivity contribution in [1.29, 1.82) is 0 Å². The van der Waals surface area contributed by atoms with Crippen LogP contribution < -0.4 is 10.6 Å². The van der Waals surface area contributed by atoms with Crippen LogP contribution in [0.4, 0.5) is 23.1 Å². The zero-order valence-electron chi connectivity index (χ0n) is 17.6. The number of aromatic nitrogens is 2. The van der Waals surface area contributed by atoms with Gasteiger partial charge in [-0.3, -0.25) is 35.1 Å². The first kappa shape index (κ1) is 22.7. The van der Waals surface area contributed by atoms with Crippen molar-refractivity contribution in [3.05, 3.63) is 104 Å². The second-order valence-electron chi connectivity index (χ2n) is 6.97. The molecule has 2 N–H and O–H groups in total. The van der Waals surface area contributed by atoms with E-state index in [1.165, 1.54) is 60.7 Å². The van der Waals surface area contributed by atoms with Gasteiger partial charge in [0.15, 0.2) is 0 Å². The third-order valence-electron chi connectivity index (χ3n) is 4.73. The minimum atomic E-state index is -0.650. The van der Waals surface area contributed by atoms with Gasteiger partial charge in [-0.25, -0.2) is 0 Å². The summed E-state index contributed by atoms with van der Waals surface area (Å²) in [5.41, 5.74) is 0.597. The first-order valence-electron chi connectivity index (χ1n) is 9.86. The molecule has 0 unspecified atom stereocenters. The number of carbonyl (C=O) groups is 2. The number of nitrogens with one attached hydrogen (secondary N) is 2. The highest BCUT2D eigenvalue weighted by atomic mass is 16.6. The summed E-state index contributed by atoms with van der Waals surface area (Å²) in [7, 11) is 0. The van der Waals surface area contributed by atoms with Gasteiger partial charge in [0.25, 0.3) is 23.2 Å². The number of carbonyl (C=O) groups excluding carboxylic acids is 2. The largest absolute Gasteiger partial charge is 0.403 e. The predicted molar refractivity (Wildman–Crippen MR) is 122 cm³/mol. The summed E-state index contributed by atoms with van der Waals surface area (Å²) < 4.78 is 5.42. The normalized spacial score (nSPS) is 10.4. The molecule has 1 aromatic heterocycles. The maximum absolute atomic E-state index is 12.8. The number of amides is 2. The van der Waals surface area contributed by atoms with Crippen molar-refractivity contribution in [1.82, 2.24) is 10.2 Å². The van der Waals surface area contributed by atoms with E-state index in [1.54, 1.807) is 12.1 Å². The Balaban J connectivity index is 1.48. The molecule has 0 atom stereocenters. The monoisotopic (exact) mass is 474 g/mol. The summed E-state index contributed by atoms with van der Waals surface area (Å²) in [6.45, 7) is 0. The van der Waals surface area contributed by atoms with Crippen molar-refractivity contribution in [2.24, 2.45) is 0 Å². The van der Waals surface area contributed by atoms with E-state index in [4.69, 9.17) is 4.42 Å². The predicted octanol–water partition coefficient (Wildman–Crippen LogP) is 4.06. The minimum absolute atomic E-state index is 0.0370. The fourth-order valence-corrected chi connectivity index (χ4v) is 3.00. The van der Waals surface area contributed by atoms with Crippen LogP contribution in [-0.2, 0) is 0 Å². The van der Waals surface area contributed by atoms with Crippen LogP contribution in [0.1, 0.15) is 20.7 Å². The van der Waals surface area contributed by atoms with Crippen LogP contribution in [0.3, 0.4) is 0 Å². The Hall–Kier alpha value is -5.46. The number of non-ortho nitro benzene ring substituents is 2. The molecular formula is C22H14N6O7. The maximum Gasteiger partial charge on any atom is 0.322 e. The molecular weight excluding hydrogens is 460 g/mol. The average Bonchev–Trinajstić information content (AvgIpc) is 3.32. The lowest BCUT2D eigenvalue weighted by Gasteiger charge is -2.10. The van der Waals surface area contributed by atoms with Crippen molar-refractivity contribution >= 4 is 34.9 Å². The van der Waals surface area contributed by atoms with Crippen molar-refractivity contribution in [3.8, 4) is 11.5 Å². The molecule has 0 bridgehead atoms. The van der Waals surface area contributed by atoms with E-state index in [0.717, 1.165) is 0 Å². The van der Waals surface area contributed by atoms with E-state index in [9.17, 15) is 29.8 Å². The third kappa shape index (κ3) is 5.14. The molecule has 2 amide bonds. The summed E-state index contributed by atoms with van der Waals surface area (Å²) in [6.07, 6.45) is 0. The second kappa shape index (κ2) is 9.58. The molecule has 1 heterocycles. The highest BCUT2D eigenvalue weighted by molar-refractivity contribution is 6.12. The fraction of sp³-hybridized carbons (Fsp3) is 0. The summed E-state index contributed by atoms with van der Waals surface area (Å²) >= 11 is 0. The minimum Gasteiger partial charge on any atom is -0.403 e. The van der Waals surface area contributed by atoms with Gasteiger partial charge in [0.2, 0.25) is 5.89 Å². The van der Waals surface area contributed by atoms with Gasteiger partial charge in [0, 0.05) is 35.4 Å². The molecule has 0 saturated carbocycles. The van der Waals surface area contributed by atoms with Crippen molar-refractivity contribution < 1.29 is 23.9 Å². The van der Waals surface area contributed by atoms with Crippen LogP contribution in [-0.4, -0.2) is 31.9 Å². The molecule has 0 spiro atoms. The molecule has 4 rings (SSSR count). The summed E-state index contributed by atoms with van der Waals surface area (Å²) in [6, 6.07) is 16.4. The van der Waals surface area contributed by atoms with Gasteiger partial charge in [-0.05, 0) is 36.4 Å². The molecule has 0 radical (unpaired) electrons. The lowest BCUT2D eigenvalue weighted by molar-refractivity contribution is -0.385. The van der Waals surface area contributed by atoms with E-state index in [0.29, 0.717) is 5.56 Å². The van der Waals surface area contributed by atoms with Gasteiger partial charge in [-0.15, -0.1) is 5.10 Å². The van der Waals surface area contributed by atoms with E-state index < -0.39 is 21.7 Å². The van der Waals surface area contributed by atoms with Crippen LogP contribution >= 0.6 is 0 Å². The molecule has 13 heteroatoms. The van der Waals surface area contributed by atoms with Gasteiger partial charge >= 0.3 is 6.01 Å². The maximum atomic E-state index is 12.8. The number of hydrogen-bond acceptors (Lipinski definition) is 9. The lowest BCUT2D eigenvalue weighted by Crippen LogP contribution is -2.18. The Bertz CT molecular complexity index is 1430. The third-order valence-corrected chi connectivity index (χ3v) is 4.73. The molecule has 0 aliphatic carbocycles. The highest BCUT2D eigenvalue weighted by Gasteiger charge is 2.18. The number of para-hydroxylation sites is 1. The molecule has 174 valence electrons. The Kier molecular flexibility index (Phi) is 6.22. The van der Waals surface area contributed by atoms with Gasteiger partial charge in [-0.2, -0.15) is 0 Å². The number of benzene rings is 3. The quantitative estimate of drug-likeness (QED) is 0.294. The summed E-state index contributed by atoms with van der Waals surface area (Å²) in [4.78, 5) is 45.8. The Labute approximate surface area is 195 Å². The smallest absolute Gasteiger partial charge is 0.322 e. The number of nitro benzene ring substituents is 2. The van der Waals surface area contributed by atoms with Gasteiger partial charge in [-0.1, -0.05) is 17.2 Å². The van der Waals surface area contributed by atoms with E-state index in [1.807, 2.05) is 0 Å². The molecule has 4 aromatic rings. The Morgan fingerprint density at radius 2 is 1.34 bits per heavy atom. The van der Waals surface area contributed by atoms with Crippen LogP contribution in [0.25, 0.3) is 11.5 Å². The zero-order chi connectivity index (χ0) is 24.9. The molecule has 35 heavy (non-hydrogen) atoms. The van der Waals surface area contributed by atoms with Crippen molar-refractivity contribution in [2.75, 3.05) is 10.6 Å². The topological polar surface area (TPSA) is 183 Å². The number of anilines is 2. The molecule has 0 saturated heterocycles. The van der Waals surface area contributed by atoms with E-state index >= 15 is 0 Å². The van der Waals surface area contributed by atoms with Gasteiger partial charge < -0.3 is 9.73 Å². The number of hydrogen-bond donors (Lipinski definition) is 2. The molecule has 3 aromatic carbocycles. The summed E-state index contributed by atoms with van der Waals surface area (Å²) in [5, 5.41) is 34.2. The molecule has 0 aliphatic rings. The van der Waals surface area contributed by atoms with E-state index in [2.05, 4.69) is 20.8 Å². The first-order valence-corrected chi connectivity index (χ1v) is 9.86.